The van der Waals surface area contributed by atoms with Crippen LogP contribution < -0.4 is 4.90 Å². The van der Waals surface area contributed by atoms with Crippen molar-refractivity contribution >= 4 is 32.7 Å². The average molecular weight is 680 g/mol. The molecule has 6 heteroatoms. The Hall–Kier alpha value is -3.77. The second kappa shape index (κ2) is 15.8. The molecule has 0 saturated carbocycles. The maximum absolute atomic E-state index is 12.6. The van der Waals surface area contributed by atoms with Crippen molar-refractivity contribution < 1.29 is 17.8 Å². The molecule has 2 heterocycles. The summed E-state index contributed by atoms with van der Waals surface area (Å²) in [6.45, 7) is 10.1. The summed E-state index contributed by atoms with van der Waals surface area (Å²) < 4.78 is 27.3. The molecule has 0 spiro atoms. The summed E-state index contributed by atoms with van der Waals surface area (Å²) in [6.07, 6.45) is 13.3. The van der Waals surface area contributed by atoms with Gasteiger partial charge in [0.05, 0.1) is 16.9 Å². The van der Waals surface area contributed by atoms with Gasteiger partial charge in [-0.05, 0) is 75.6 Å². The van der Waals surface area contributed by atoms with Gasteiger partial charge in [0.2, 0.25) is 5.69 Å². The van der Waals surface area contributed by atoms with Gasteiger partial charge in [-0.3, -0.25) is 4.79 Å². The van der Waals surface area contributed by atoms with Crippen LogP contribution in [0.5, 0.6) is 0 Å². The van der Waals surface area contributed by atoms with E-state index in [0.717, 1.165) is 38.6 Å². The fourth-order valence-corrected chi connectivity index (χ4v) is 9.13. The lowest BCUT2D eigenvalue weighted by Crippen LogP contribution is -2.27. The fourth-order valence-electron chi connectivity index (χ4n) is 7.70. The van der Waals surface area contributed by atoms with Crippen LogP contribution in [0.15, 0.2) is 103 Å². The van der Waals surface area contributed by atoms with Gasteiger partial charge in [0.1, 0.15) is 22.7 Å². The minimum Gasteiger partial charge on any atom is -0.344 e. The van der Waals surface area contributed by atoms with Gasteiger partial charge in [-0.1, -0.05) is 93.1 Å². The van der Waals surface area contributed by atoms with E-state index in [2.05, 4.69) is 123 Å². The molecule has 0 atom stereocenters. The van der Waals surface area contributed by atoms with Crippen LogP contribution in [0.25, 0.3) is 0 Å². The Morgan fingerprint density at radius 1 is 0.735 bits per heavy atom. The van der Waals surface area contributed by atoms with Crippen molar-refractivity contribution in [1.82, 2.24) is 0 Å². The van der Waals surface area contributed by atoms with Crippen LogP contribution in [0, 0.1) is 0 Å². The van der Waals surface area contributed by atoms with E-state index in [0.29, 0.717) is 25.7 Å². The number of nitrogens with zero attached hydrogens (tertiary/aromatic N) is 2. The third-order valence-electron chi connectivity index (χ3n) is 10.5. The standard InChI is InChI=1S/C43H55N2O3S/c1-42(2)36-25-11-13-27-38(36)44(5)40(42)29-18-30-41-43(3,4)37-26-12-14-28-39(37)45(41)31-16-7-10-23-35(46)24-19-33-49(47,48)32-17-15-22-34-20-8-6-9-21-34/h6,8-9,11-14,18,20-21,25-30H,7,10,15-17,19,22-24,31-33H2,1-5H3/q+1. The van der Waals surface area contributed by atoms with Crippen LogP contribution >= 0.6 is 0 Å². The van der Waals surface area contributed by atoms with Gasteiger partial charge in [-0.2, -0.15) is 4.58 Å². The molecule has 0 bridgehead atoms. The number of carbonyl (C=O) groups excluding carboxylic acids is 1. The number of para-hydroxylation sites is 2. The smallest absolute Gasteiger partial charge is 0.209 e. The third-order valence-corrected chi connectivity index (χ3v) is 12.3. The second-order valence-electron chi connectivity index (χ2n) is 14.8. The average Bonchev–Trinajstić information content (AvgIpc) is 3.41. The molecule has 0 saturated heterocycles. The minimum absolute atomic E-state index is 0.0669. The molecule has 0 fully saturated rings. The molecule has 0 N–H and O–H groups in total. The van der Waals surface area contributed by atoms with E-state index >= 15 is 0 Å². The molecule has 0 radical (unpaired) electrons. The largest absolute Gasteiger partial charge is 0.344 e. The molecule has 260 valence electrons. The number of allylic oxidation sites excluding steroid dienone is 4. The predicted molar refractivity (Wildman–Crippen MR) is 205 cm³/mol. The number of aryl methyl sites for hydroxylation is 1. The zero-order chi connectivity index (χ0) is 35.1. The zero-order valence-corrected chi connectivity index (χ0v) is 31.1. The fraction of sp³-hybridized carbons (Fsp3) is 0.442. The number of benzene rings is 3. The highest BCUT2D eigenvalue weighted by atomic mass is 32.2. The van der Waals surface area contributed by atoms with E-state index in [1.165, 1.54) is 39.5 Å². The highest BCUT2D eigenvalue weighted by Crippen LogP contribution is 2.48. The van der Waals surface area contributed by atoms with Crippen LogP contribution in [0.1, 0.15) is 95.8 Å². The molecular weight excluding hydrogens is 625 g/mol. The van der Waals surface area contributed by atoms with E-state index < -0.39 is 9.84 Å². The summed E-state index contributed by atoms with van der Waals surface area (Å²) in [4.78, 5) is 15.1. The zero-order valence-electron chi connectivity index (χ0n) is 30.3. The highest BCUT2D eigenvalue weighted by Gasteiger charge is 2.43. The molecule has 5 rings (SSSR count). The Labute approximate surface area is 295 Å². The van der Waals surface area contributed by atoms with Gasteiger partial charge >= 0.3 is 0 Å². The van der Waals surface area contributed by atoms with E-state index in [1.807, 2.05) is 18.2 Å². The first-order valence-electron chi connectivity index (χ1n) is 18.1. The lowest BCUT2D eigenvalue weighted by molar-refractivity contribution is -0.401. The molecule has 2 aliphatic heterocycles. The van der Waals surface area contributed by atoms with Gasteiger partial charge in [-0.15, -0.1) is 0 Å². The number of rotatable bonds is 17. The van der Waals surface area contributed by atoms with Gasteiger partial charge in [0.25, 0.3) is 0 Å². The molecule has 2 aliphatic rings. The van der Waals surface area contributed by atoms with Crippen LogP contribution in [-0.4, -0.2) is 49.6 Å². The van der Waals surface area contributed by atoms with Crippen LogP contribution in [0.3, 0.4) is 0 Å². The monoisotopic (exact) mass is 679 g/mol. The molecular formula is C43H55N2O3S+. The Bertz CT molecular complexity index is 1820. The first kappa shape index (κ1) is 36.5. The number of ketones is 1. The van der Waals surface area contributed by atoms with E-state index in [4.69, 9.17) is 0 Å². The van der Waals surface area contributed by atoms with E-state index in [9.17, 15) is 13.2 Å². The summed E-state index contributed by atoms with van der Waals surface area (Å²) in [6, 6.07) is 27.6. The van der Waals surface area contributed by atoms with Crippen molar-refractivity contribution in [3.63, 3.8) is 0 Å². The lowest BCUT2D eigenvalue weighted by Gasteiger charge is -2.27. The molecule has 0 aliphatic carbocycles. The van der Waals surface area contributed by atoms with Crippen molar-refractivity contribution in [3.05, 3.63) is 119 Å². The summed E-state index contributed by atoms with van der Waals surface area (Å²) in [5.74, 6) is 0.495. The number of carbonyl (C=O) groups is 1. The maximum Gasteiger partial charge on any atom is 0.209 e. The quantitative estimate of drug-likeness (QED) is 0.105. The van der Waals surface area contributed by atoms with Gasteiger partial charge < -0.3 is 4.90 Å². The number of fused-ring (bicyclic) bond motifs is 2. The molecule has 0 amide bonds. The molecule has 3 aromatic rings. The van der Waals surface area contributed by atoms with Gasteiger partial charge in [0.15, 0.2) is 5.71 Å². The third kappa shape index (κ3) is 8.70. The maximum atomic E-state index is 12.6. The summed E-state index contributed by atoms with van der Waals surface area (Å²) in [7, 11) is -0.957. The van der Waals surface area contributed by atoms with E-state index in [1.54, 1.807) is 0 Å². The number of anilines is 1. The Balaban J connectivity index is 1.09. The summed E-state index contributed by atoms with van der Waals surface area (Å²) in [5, 5.41) is 0. The van der Waals surface area contributed by atoms with E-state index in [-0.39, 0.29) is 28.1 Å². The minimum atomic E-state index is -3.11. The predicted octanol–water partition coefficient (Wildman–Crippen LogP) is 9.28. The number of Topliss-reactive ketones (excluding diaryl/α,β-unsaturated/α-hetero) is 1. The first-order chi connectivity index (χ1) is 23.4. The summed E-state index contributed by atoms with van der Waals surface area (Å²) >= 11 is 0. The molecule has 3 aromatic carbocycles. The normalized spacial score (nSPS) is 17.2. The molecule has 5 nitrogen and oxygen atoms in total. The Kier molecular flexibility index (Phi) is 11.8. The van der Waals surface area contributed by atoms with Crippen LogP contribution in [-0.2, 0) is 31.9 Å². The van der Waals surface area contributed by atoms with Gasteiger partial charge in [0, 0.05) is 53.9 Å². The van der Waals surface area contributed by atoms with Crippen molar-refractivity contribution in [1.29, 1.82) is 0 Å². The number of unbranched alkanes of at least 4 members (excludes halogenated alkanes) is 3. The second-order valence-corrected chi connectivity index (χ2v) is 17.1. The highest BCUT2D eigenvalue weighted by molar-refractivity contribution is 7.91. The van der Waals surface area contributed by atoms with Crippen molar-refractivity contribution in [2.24, 2.45) is 0 Å². The Morgan fingerprint density at radius 3 is 2.14 bits per heavy atom. The molecule has 0 unspecified atom stereocenters. The van der Waals surface area contributed by atoms with Crippen molar-refractivity contribution in [2.75, 3.05) is 30.0 Å². The molecule has 49 heavy (non-hydrogen) atoms. The number of hydrogen-bond acceptors (Lipinski definition) is 4. The van der Waals surface area contributed by atoms with Crippen molar-refractivity contribution in [3.8, 4) is 0 Å². The lowest BCUT2D eigenvalue weighted by atomic mass is 9.81. The van der Waals surface area contributed by atoms with Crippen LogP contribution in [0.4, 0.5) is 11.4 Å². The van der Waals surface area contributed by atoms with Gasteiger partial charge in [-0.25, -0.2) is 8.42 Å². The van der Waals surface area contributed by atoms with Crippen molar-refractivity contribution in [2.45, 2.75) is 96.3 Å². The topological polar surface area (TPSA) is 57.5 Å². The SMILES string of the molecule is C[N+]1=C(/C=C/C=C2/N(CCCCCC(=O)CCCS(=O)(=O)CCCCc3ccccc3)c3ccccc3C2(C)C)C(C)(C)c2ccccc21. The summed E-state index contributed by atoms with van der Waals surface area (Å²) in [5.41, 5.74) is 8.86. The number of sulfone groups is 1. The number of hydrogen-bond donors (Lipinski definition) is 0. The molecule has 0 aromatic heterocycles. The van der Waals surface area contributed by atoms with Crippen LogP contribution in [0.2, 0.25) is 0 Å². The Morgan fingerprint density at radius 2 is 1.39 bits per heavy atom. The first-order valence-corrected chi connectivity index (χ1v) is 20.0.